The molecule has 1 aliphatic heterocycles. The van der Waals surface area contributed by atoms with Gasteiger partial charge in [0.2, 0.25) is 0 Å². The van der Waals surface area contributed by atoms with Gasteiger partial charge >= 0.3 is 0 Å². The van der Waals surface area contributed by atoms with Crippen molar-refractivity contribution in [3.63, 3.8) is 0 Å². The third-order valence-corrected chi connectivity index (χ3v) is 5.37. The molecule has 1 aliphatic rings. The van der Waals surface area contributed by atoms with Crippen LogP contribution in [0.1, 0.15) is 17.7 Å². The molecule has 2 aromatic carbocycles. The Kier molecular flexibility index (Phi) is 4.82. The number of fused-ring (bicyclic) bond motifs is 4. The average Bonchev–Trinajstić information content (AvgIpc) is 3.16. The SMILES string of the molecule is Cc1ccc2c3c(ccc2n1)OC[C@H](CNCCCc1coc2ccccc12)O3. The molecule has 2 aromatic heterocycles. The normalized spacial score (nSPS) is 15.8. The van der Waals surface area contributed by atoms with Crippen molar-refractivity contribution in [3.8, 4) is 11.5 Å². The number of hydrogen-bond acceptors (Lipinski definition) is 5. The fourth-order valence-corrected chi connectivity index (χ4v) is 3.87. The van der Waals surface area contributed by atoms with Gasteiger partial charge in [-0.05, 0) is 62.2 Å². The molecule has 0 spiro atoms. The number of pyridine rings is 1. The second kappa shape index (κ2) is 7.76. The molecule has 0 radical (unpaired) electrons. The van der Waals surface area contributed by atoms with Crippen LogP contribution in [0.3, 0.4) is 0 Å². The largest absolute Gasteiger partial charge is 0.486 e. The minimum atomic E-state index is -0.0100. The van der Waals surface area contributed by atoms with Crippen molar-refractivity contribution >= 4 is 21.9 Å². The summed E-state index contributed by atoms with van der Waals surface area (Å²) in [6.45, 7) is 4.22. The lowest BCUT2D eigenvalue weighted by molar-refractivity contribution is 0.0925. The number of aromatic nitrogens is 1. The van der Waals surface area contributed by atoms with Gasteiger partial charge in [0.1, 0.15) is 18.3 Å². The van der Waals surface area contributed by atoms with Crippen LogP contribution >= 0.6 is 0 Å². The fraction of sp³-hybridized carbons (Fsp3) is 0.292. The second-order valence-corrected chi connectivity index (χ2v) is 7.53. The van der Waals surface area contributed by atoms with Gasteiger partial charge < -0.3 is 19.2 Å². The molecule has 0 saturated carbocycles. The standard InChI is InChI=1S/C24H24N2O3/c1-16-8-9-20-21(26-16)10-11-23-24(20)29-18(15-28-23)13-25-12-4-5-17-14-27-22-7-3-2-6-19(17)22/h2-3,6-11,14,18,25H,4-5,12-13,15H2,1H3/t18-/m0/s1. The zero-order valence-corrected chi connectivity index (χ0v) is 16.5. The van der Waals surface area contributed by atoms with Crippen LogP contribution in [0.5, 0.6) is 11.5 Å². The molecule has 4 aromatic rings. The van der Waals surface area contributed by atoms with Gasteiger partial charge in [0.25, 0.3) is 0 Å². The van der Waals surface area contributed by atoms with E-state index in [2.05, 4.69) is 28.5 Å². The maximum Gasteiger partial charge on any atom is 0.171 e. The maximum absolute atomic E-state index is 6.25. The number of nitrogens with one attached hydrogen (secondary N) is 1. The predicted octanol–water partition coefficient (Wildman–Crippen LogP) is 4.65. The molecule has 5 rings (SSSR count). The molecule has 148 valence electrons. The Morgan fingerprint density at radius 2 is 2.00 bits per heavy atom. The fourth-order valence-electron chi connectivity index (χ4n) is 3.87. The summed E-state index contributed by atoms with van der Waals surface area (Å²) in [6, 6.07) is 16.2. The first-order valence-electron chi connectivity index (χ1n) is 10.1. The Labute approximate surface area is 169 Å². The van der Waals surface area contributed by atoms with E-state index < -0.39 is 0 Å². The van der Waals surface area contributed by atoms with Crippen LogP contribution in [0.4, 0.5) is 0 Å². The molecule has 0 bridgehead atoms. The van der Waals surface area contributed by atoms with Crippen molar-refractivity contribution in [2.75, 3.05) is 19.7 Å². The molecular formula is C24H24N2O3. The molecule has 0 saturated heterocycles. The summed E-state index contributed by atoms with van der Waals surface area (Å²) in [6.07, 6.45) is 3.90. The molecular weight excluding hydrogens is 364 g/mol. The number of hydrogen-bond donors (Lipinski definition) is 1. The van der Waals surface area contributed by atoms with Gasteiger partial charge in [0.05, 0.1) is 11.8 Å². The van der Waals surface area contributed by atoms with Crippen LogP contribution in [0.15, 0.2) is 59.2 Å². The van der Waals surface area contributed by atoms with E-state index in [1.54, 1.807) is 0 Å². The first kappa shape index (κ1) is 18.0. The molecule has 1 atom stereocenters. The van der Waals surface area contributed by atoms with E-state index in [1.807, 2.05) is 43.5 Å². The highest BCUT2D eigenvalue weighted by molar-refractivity contribution is 5.88. The lowest BCUT2D eigenvalue weighted by atomic mass is 10.1. The molecule has 29 heavy (non-hydrogen) atoms. The highest BCUT2D eigenvalue weighted by Gasteiger charge is 2.23. The number of para-hydroxylation sites is 1. The third-order valence-electron chi connectivity index (χ3n) is 5.37. The molecule has 0 amide bonds. The lowest BCUT2D eigenvalue weighted by Gasteiger charge is -2.27. The topological polar surface area (TPSA) is 56.5 Å². The highest BCUT2D eigenvalue weighted by atomic mass is 16.6. The smallest absolute Gasteiger partial charge is 0.171 e. The van der Waals surface area contributed by atoms with Gasteiger partial charge in [-0.15, -0.1) is 0 Å². The van der Waals surface area contributed by atoms with Crippen LogP contribution < -0.4 is 14.8 Å². The summed E-state index contributed by atoms with van der Waals surface area (Å²) in [5, 5.41) is 5.72. The average molecular weight is 388 g/mol. The van der Waals surface area contributed by atoms with E-state index in [0.29, 0.717) is 6.61 Å². The Balaban J connectivity index is 1.16. The zero-order chi connectivity index (χ0) is 19.6. The second-order valence-electron chi connectivity index (χ2n) is 7.53. The van der Waals surface area contributed by atoms with Crippen molar-refractivity contribution in [3.05, 3.63) is 66.1 Å². The highest BCUT2D eigenvalue weighted by Crippen LogP contribution is 2.38. The summed E-state index contributed by atoms with van der Waals surface area (Å²) >= 11 is 0. The maximum atomic E-state index is 6.25. The summed E-state index contributed by atoms with van der Waals surface area (Å²) in [4.78, 5) is 4.58. The molecule has 1 N–H and O–H groups in total. The first-order valence-corrected chi connectivity index (χ1v) is 10.1. The molecule has 0 unspecified atom stereocenters. The lowest BCUT2D eigenvalue weighted by Crippen LogP contribution is -2.38. The Morgan fingerprint density at radius 1 is 1.07 bits per heavy atom. The number of rotatable bonds is 6. The number of nitrogens with zero attached hydrogens (tertiary/aromatic N) is 1. The number of ether oxygens (including phenoxy) is 2. The van der Waals surface area contributed by atoms with E-state index >= 15 is 0 Å². The third kappa shape index (κ3) is 3.66. The zero-order valence-electron chi connectivity index (χ0n) is 16.5. The minimum Gasteiger partial charge on any atom is -0.486 e. The van der Waals surface area contributed by atoms with Gasteiger partial charge in [0, 0.05) is 23.0 Å². The van der Waals surface area contributed by atoms with Crippen molar-refractivity contribution in [2.24, 2.45) is 0 Å². The molecule has 0 aliphatic carbocycles. The van der Waals surface area contributed by atoms with Gasteiger partial charge in [0.15, 0.2) is 11.5 Å². The monoisotopic (exact) mass is 388 g/mol. The molecule has 0 fully saturated rings. The summed E-state index contributed by atoms with van der Waals surface area (Å²) in [5.41, 5.74) is 4.16. The number of furan rings is 1. The van der Waals surface area contributed by atoms with Crippen LogP contribution in [-0.2, 0) is 6.42 Å². The van der Waals surface area contributed by atoms with Crippen molar-refractivity contribution in [1.29, 1.82) is 0 Å². The first-order chi connectivity index (χ1) is 14.3. The van der Waals surface area contributed by atoms with Crippen LogP contribution in [0, 0.1) is 6.92 Å². The van der Waals surface area contributed by atoms with Crippen molar-refractivity contribution in [1.82, 2.24) is 10.3 Å². The van der Waals surface area contributed by atoms with Crippen LogP contribution in [0.25, 0.3) is 21.9 Å². The van der Waals surface area contributed by atoms with Crippen LogP contribution in [-0.4, -0.2) is 30.8 Å². The van der Waals surface area contributed by atoms with Gasteiger partial charge in [-0.1, -0.05) is 18.2 Å². The number of aryl methyl sites for hydroxylation is 2. The quantitative estimate of drug-likeness (QED) is 0.487. The van der Waals surface area contributed by atoms with E-state index in [0.717, 1.165) is 59.6 Å². The van der Waals surface area contributed by atoms with Crippen LogP contribution in [0.2, 0.25) is 0 Å². The van der Waals surface area contributed by atoms with E-state index in [9.17, 15) is 0 Å². The molecule has 5 heteroatoms. The van der Waals surface area contributed by atoms with Gasteiger partial charge in [-0.3, -0.25) is 4.98 Å². The predicted molar refractivity (Wildman–Crippen MR) is 114 cm³/mol. The Morgan fingerprint density at radius 3 is 2.97 bits per heavy atom. The minimum absolute atomic E-state index is 0.0100. The molecule has 5 nitrogen and oxygen atoms in total. The molecule has 3 heterocycles. The summed E-state index contributed by atoms with van der Waals surface area (Å²) in [7, 11) is 0. The Hall–Kier alpha value is -3.05. The summed E-state index contributed by atoms with van der Waals surface area (Å²) in [5.74, 6) is 1.60. The number of benzene rings is 2. The van der Waals surface area contributed by atoms with E-state index in [4.69, 9.17) is 13.9 Å². The van der Waals surface area contributed by atoms with Crippen molar-refractivity contribution in [2.45, 2.75) is 25.9 Å². The van der Waals surface area contributed by atoms with Crippen molar-refractivity contribution < 1.29 is 13.9 Å². The van der Waals surface area contributed by atoms with Gasteiger partial charge in [-0.25, -0.2) is 0 Å². The summed E-state index contributed by atoms with van der Waals surface area (Å²) < 4.78 is 17.8. The van der Waals surface area contributed by atoms with E-state index in [-0.39, 0.29) is 6.10 Å². The van der Waals surface area contributed by atoms with Gasteiger partial charge in [-0.2, -0.15) is 0 Å². The van der Waals surface area contributed by atoms with E-state index in [1.165, 1.54) is 10.9 Å². The Bertz CT molecular complexity index is 1150.